The lowest BCUT2D eigenvalue weighted by Gasteiger charge is -2.42. The van der Waals surface area contributed by atoms with Crippen molar-refractivity contribution in [2.24, 2.45) is 7.05 Å². The molecule has 0 saturated carbocycles. The van der Waals surface area contributed by atoms with Crippen LogP contribution in [-0.4, -0.2) is 77.6 Å². The maximum atomic E-state index is 11.6. The molecule has 1 saturated heterocycles. The van der Waals surface area contributed by atoms with E-state index in [1.54, 1.807) is 14.1 Å². The molecule has 1 amide bonds. The zero-order valence-electron chi connectivity index (χ0n) is 14.8. The molecule has 1 atom stereocenters. The highest BCUT2D eigenvalue weighted by Crippen LogP contribution is 2.22. The van der Waals surface area contributed by atoms with E-state index in [0.29, 0.717) is 6.61 Å². The molecular weight excluding hydrogens is 296 g/mol. The van der Waals surface area contributed by atoms with Gasteiger partial charge in [0.25, 0.3) is 0 Å². The van der Waals surface area contributed by atoms with E-state index in [1.807, 2.05) is 24.0 Å². The number of aromatic nitrogens is 2. The van der Waals surface area contributed by atoms with Crippen LogP contribution >= 0.6 is 0 Å². The van der Waals surface area contributed by atoms with Gasteiger partial charge in [0.05, 0.1) is 24.0 Å². The van der Waals surface area contributed by atoms with Crippen molar-refractivity contribution in [2.45, 2.75) is 32.1 Å². The minimum atomic E-state index is -0.240. The number of hydrogen-bond donors (Lipinski definition) is 0. The molecule has 0 N–H and O–H groups in total. The number of morpholine rings is 1. The van der Waals surface area contributed by atoms with Crippen LogP contribution in [0.25, 0.3) is 0 Å². The number of nitrogens with zero attached hydrogens (tertiary/aromatic N) is 4. The summed E-state index contributed by atoms with van der Waals surface area (Å²) >= 11 is 0. The van der Waals surface area contributed by atoms with Crippen molar-refractivity contribution >= 4 is 5.91 Å². The normalized spacial score (nSPS) is 21.3. The molecule has 0 aromatic carbocycles. The zero-order valence-corrected chi connectivity index (χ0v) is 14.8. The Hall–Kier alpha value is -1.44. The minimum absolute atomic E-state index is 0.0354. The Labute approximate surface area is 138 Å². The second kappa shape index (κ2) is 7.42. The maximum Gasteiger partial charge on any atom is 0.248 e. The highest BCUT2D eigenvalue weighted by Gasteiger charge is 2.33. The van der Waals surface area contributed by atoms with Crippen LogP contribution in [0.15, 0.2) is 12.3 Å². The predicted molar refractivity (Wildman–Crippen MR) is 87.0 cm³/mol. The van der Waals surface area contributed by atoms with Gasteiger partial charge < -0.3 is 14.4 Å². The second-order valence-electron chi connectivity index (χ2n) is 6.92. The first-order valence-corrected chi connectivity index (χ1v) is 7.92. The summed E-state index contributed by atoms with van der Waals surface area (Å²) < 4.78 is 13.5. The molecule has 2 heterocycles. The predicted octanol–water partition coefficient (Wildman–Crippen LogP) is 0.504. The van der Waals surface area contributed by atoms with Gasteiger partial charge in [-0.2, -0.15) is 5.10 Å². The van der Waals surface area contributed by atoms with Gasteiger partial charge in [0.1, 0.15) is 6.61 Å². The van der Waals surface area contributed by atoms with E-state index in [-0.39, 0.29) is 24.2 Å². The lowest BCUT2D eigenvalue weighted by molar-refractivity contribution is -0.161. The highest BCUT2D eigenvalue weighted by atomic mass is 16.5. The molecule has 0 spiro atoms. The summed E-state index contributed by atoms with van der Waals surface area (Å²) in [4.78, 5) is 15.4. The summed E-state index contributed by atoms with van der Waals surface area (Å²) in [7, 11) is 5.40. The zero-order chi connectivity index (χ0) is 17.0. The SMILES string of the molecule is CN(C)C(=O)COCC1CN(Cc2ccnn2C)CC(C)(C)O1. The molecule has 1 aromatic rings. The summed E-state index contributed by atoms with van der Waals surface area (Å²) in [6.07, 6.45) is 1.77. The number of aryl methyl sites for hydroxylation is 1. The molecule has 0 radical (unpaired) electrons. The molecule has 7 nitrogen and oxygen atoms in total. The standard InChI is InChI=1S/C16H28N4O3/c1-16(2)12-20(8-13-6-7-17-19(13)5)9-14(23-16)10-22-11-15(21)18(3)4/h6-7,14H,8-12H2,1-5H3. The molecule has 130 valence electrons. The molecule has 2 rings (SSSR count). The van der Waals surface area contributed by atoms with Gasteiger partial charge in [-0.05, 0) is 19.9 Å². The van der Waals surface area contributed by atoms with Crippen molar-refractivity contribution in [3.8, 4) is 0 Å². The fourth-order valence-electron chi connectivity index (χ4n) is 2.82. The third-order valence-electron chi connectivity index (χ3n) is 3.89. The van der Waals surface area contributed by atoms with Crippen molar-refractivity contribution in [1.29, 1.82) is 0 Å². The third-order valence-corrected chi connectivity index (χ3v) is 3.89. The Balaban J connectivity index is 1.88. The number of carbonyl (C=O) groups excluding carboxylic acids is 1. The molecule has 0 aliphatic carbocycles. The Morgan fingerprint density at radius 1 is 1.52 bits per heavy atom. The lowest BCUT2D eigenvalue weighted by atomic mass is 10.1. The summed E-state index contributed by atoms with van der Waals surface area (Å²) in [6.45, 7) is 7.15. The summed E-state index contributed by atoms with van der Waals surface area (Å²) in [5, 5.41) is 4.21. The quantitative estimate of drug-likeness (QED) is 0.763. The van der Waals surface area contributed by atoms with Gasteiger partial charge in [-0.15, -0.1) is 0 Å². The molecule has 1 aromatic heterocycles. The van der Waals surface area contributed by atoms with Crippen LogP contribution in [-0.2, 0) is 27.9 Å². The van der Waals surface area contributed by atoms with Crippen LogP contribution in [0.5, 0.6) is 0 Å². The fraction of sp³-hybridized carbons (Fsp3) is 0.750. The number of carbonyl (C=O) groups is 1. The molecule has 1 unspecified atom stereocenters. The van der Waals surface area contributed by atoms with E-state index < -0.39 is 0 Å². The third kappa shape index (κ3) is 5.30. The summed E-state index contributed by atoms with van der Waals surface area (Å²) in [5.41, 5.74) is 0.932. The largest absolute Gasteiger partial charge is 0.369 e. The first-order chi connectivity index (χ1) is 10.8. The number of ether oxygens (including phenoxy) is 2. The van der Waals surface area contributed by atoms with E-state index in [0.717, 1.165) is 19.6 Å². The van der Waals surface area contributed by atoms with Gasteiger partial charge in [-0.3, -0.25) is 14.4 Å². The average Bonchev–Trinajstić information content (AvgIpc) is 2.82. The van der Waals surface area contributed by atoms with Crippen LogP contribution in [0.3, 0.4) is 0 Å². The van der Waals surface area contributed by atoms with E-state index in [2.05, 4.69) is 23.8 Å². The topological polar surface area (TPSA) is 59.8 Å². The monoisotopic (exact) mass is 324 g/mol. The average molecular weight is 324 g/mol. The Morgan fingerprint density at radius 3 is 2.87 bits per heavy atom. The number of amides is 1. The smallest absolute Gasteiger partial charge is 0.248 e. The lowest BCUT2D eigenvalue weighted by Crippen LogP contribution is -2.53. The van der Waals surface area contributed by atoms with Crippen LogP contribution in [0.4, 0.5) is 0 Å². The van der Waals surface area contributed by atoms with Gasteiger partial charge >= 0.3 is 0 Å². The molecule has 0 bridgehead atoms. The Bertz CT molecular complexity index is 527. The van der Waals surface area contributed by atoms with Gasteiger partial charge in [-0.1, -0.05) is 0 Å². The number of hydrogen-bond acceptors (Lipinski definition) is 5. The summed E-state index contributed by atoms with van der Waals surface area (Å²) in [6, 6.07) is 2.03. The second-order valence-corrected chi connectivity index (χ2v) is 6.92. The molecule has 23 heavy (non-hydrogen) atoms. The van der Waals surface area contributed by atoms with Crippen LogP contribution in [0.2, 0.25) is 0 Å². The highest BCUT2D eigenvalue weighted by molar-refractivity contribution is 5.76. The molecule has 7 heteroatoms. The molecule has 1 aliphatic heterocycles. The van der Waals surface area contributed by atoms with Crippen molar-refractivity contribution < 1.29 is 14.3 Å². The number of likely N-dealkylation sites (N-methyl/N-ethyl adjacent to an activating group) is 1. The van der Waals surface area contributed by atoms with E-state index >= 15 is 0 Å². The van der Waals surface area contributed by atoms with Gasteiger partial charge in [-0.25, -0.2) is 0 Å². The Kier molecular flexibility index (Phi) is 5.78. The molecule has 1 fully saturated rings. The van der Waals surface area contributed by atoms with Crippen molar-refractivity contribution in [3.05, 3.63) is 18.0 Å². The van der Waals surface area contributed by atoms with E-state index in [9.17, 15) is 4.79 Å². The van der Waals surface area contributed by atoms with Gasteiger partial charge in [0, 0.05) is 47.0 Å². The van der Waals surface area contributed by atoms with Gasteiger partial charge in [0.15, 0.2) is 0 Å². The van der Waals surface area contributed by atoms with E-state index in [4.69, 9.17) is 9.47 Å². The van der Waals surface area contributed by atoms with Crippen molar-refractivity contribution in [2.75, 3.05) is 40.4 Å². The first kappa shape index (κ1) is 17.9. The van der Waals surface area contributed by atoms with Gasteiger partial charge in [0.2, 0.25) is 5.91 Å². The van der Waals surface area contributed by atoms with Crippen molar-refractivity contribution in [3.63, 3.8) is 0 Å². The molecular formula is C16H28N4O3. The van der Waals surface area contributed by atoms with Crippen LogP contribution in [0.1, 0.15) is 19.5 Å². The number of rotatable bonds is 6. The molecule has 1 aliphatic rings. The fourth-order valence-corrected chi connectivity index (χ4v) is 2.82. The minimum Gasteiger partial charge on any atom is -0.369 e. The van der Waals surface area contributed by atoms with Crippen LogP contribution in [0, 0.1) is 0 Å². The first-order valence-electron chi connectivity index (χ1n) is 7.92. The maximum absolute atomic E-state index is 11.6. The summed E-state index contributed by atoms with van der Waals surface area (Å²) in [5.74, 6) is -0.0354. The Morgan fingerprint density at radius 2 is 2.26 bits per heavy atom. The van der Waals surface area contributed by atoms with Crippen LogP contribution < -0.4 is 0 Å². The van der Waals surface area contributed by atoms with E-state index in [1.165, 1.54) is 10.6 Å². The van der Waals surface area contributed by atoms with Crippen molar-refractivity contribution in [1.82, 2.24) is 19.6 Å².